The first-order valence-corrected chi connectivity index (χ1v) is 7.81. The zero-order valence-corrected chi connectivity index (χ0v) is 13.3. The SMILES string of the molecule is CN(C)Cc1[c-]c(CN(C)C)ccc1.[Cl][Pt+]. The summed E-state index contributed by atoms with van der Waals surface area (Å²) in [6.07, 6.45) is 0. The van der Waals surface area contributed by atoms with Crippen LogP contribution in [0.2, 0.25) is 0 Å². The van der Waals surface area contributed by atoms with Crippen LogP contribution in [-0.2, 0) is 31.9 Å². The van der Waals surface area contributed by atoms with Crippen molar-refractivity contribution in [3.05, 3.63) is 35.4 Å². The quantitative estimate of drug-likeness (QED) is 0.688. The van der Waals surface area contributed by atoms with Gasteiger partial charge < -0.3 is 9.80 Å². The Morgan fingerprint density at radius 2 is 1.38 bits per heavy atom. The van der Waals surface area contributed by atoms with Gasteiger partial charge in [-0.15, -0.1) is 11.1 Å². The van der Waals surface area contributed by atoms with Crippen LogP contribution in [0.1, 0.15) is 11.1 Å². The van der Waals surface area contributed by atoms with Gasteiger partial charge >= 0.3 is 28.2 Å². The molecule has 2 nitrogen and oxygen atoms in total. The maximum atomic E-state index is 4.61. The third kappa shape index (κ3) is 7.40. The van der Waals surface area contributed by atoms with Gasteiger partial charge in [-0.2, -0.15) is 24.3 Å². The van der Waals surface area contributed by atoms with E-state index < -0.39 is 0 Å². The zero-order chi connectivity index (χ0) is 12.6. The third-order valence-electron chi connectivity index (χ3n) is 1.89. The van der Waals surface area contributed by atoms with Crippen LogP contribution in [0.4, 0.5) is 0 Å². The molecule has 0 bridgehead atoms. The minimum atomic E-state index is 0.960. The molecule has 0 aliphatic carbocycles. The Morgan fingerprint density at radius 3 is 1.69 bits per heavy atom. The molecule has 0 spiro atoms. The maximum absolute atomic E-state index is 4.61. The molecule has 0 radical (unpaired) electrons. The van der Waals surface area contributed by atoms with E-state index in [1.54, 1.807) is 18.8 Å². The average Bonchev–Trinajstić information content (AvgIpc) is 2.19. The van der Waals surface area contributed by atoms with Gasteiger partial charge in [0.25, 0.3) is 0 Å². The standard InChI is InChI=1S/C12H19N2.ClH.Pt/c1-13(2)9-11-6-5-7-12(8-11)10-14(3)4;;/h5-7H,9-10H2,1-4H3;1H;/q-1;;+2/p-1. The molecule has 0 aromatic heterocycles. The van der Waals surface area contributed by atoms with Crippen LogP contribution in [-0.4, -0.2) is 38.0 Å². The van der Waals surface area contributed by atoms with E-state index in [-0.39, 0.29) is 0 Å². The topological polar surface area (TPSA) is 6.48 Å². The summed E-state index contributed by atoms with van der Waals surface area (Å²) in [5, 5.41) is 0. The van der Waals surface area contributed by atoms with E-state index in [1.165, 1.54) is 11.1 Å². The Labute approximate surface area is 114 Å². The first-order chi connectivity index (χ1) is 7.58. The Hall–Kier alpha value is 0.118. The number of hydrogen-bond acceptors (Lipinski definition) is 2. The molecular weight excluding hydrogens is 403 g/mol. The molecule has 1 aromatic carbocycles. The fourth-order valence-electron chi connectivity index (χ4n) is 1.44. The van der Waals surface area contributed by atoms with Gasteiger partial charge in [-0.3, -0.25) is 0 Å². The van der Waals surface area contributed by atoms with Crippen molar-refractivity contribution in [2.24, 2.45) is 0 Å². The van der Waals surface area contributed by atoms with Crippen LogP contribution in [0.25, 0.3) is 0 Å². The summed E-state index contributed by atoms with van der Waals surface area (Å²) >= 11 is 1.61. The van der Waals surface area contributed by atoms with Gasteiger partial charge in [0, 0.05) is 13.1 Å². The Morgan fingerprint density at radius 1 is 1.00 bits per heavy atom. The third-order valence-corrected chi connectivity index (χ3v) is 1.89. The van der Waals surface area contributed by atoms with E-state index in [4.69, 9.17) is 0 Å². The van der Waals surface area contributed by atoms with Gasteiger partial charge in [0.15, 0.2) is 0 Å². The number of benzene rings is 1. The Kier molecular flexibility index (Phi) is 9.25. The molecule has 0 fully saturated rings. The molecule has 94 valence electrons. The molecule has 4 heteroatoms. The van der Waals surface area contributed by atoms with E-state index in [0.29, 0.717) is 0 Å². The molecule has 0 N–H and O–H groups in total. The van der Waals surface area contributed by atoms with Gasteiger partial charge in [0.1, 0.15) is 0 Å². The minimum absolute atomic E-state index is 0.960. The molecule has 1 rings (SSSR count). The average molecular weight is 422 g/mol. The zero-order valence-electron chi connectivity index (χ0n) is 10.2. The predicted molar refractivity (Wildman–Crippen MR) is 65.9 cm³/mol. The van der Waals surface area contributed by atoms with Crippen molar-refractivity contribution in [3.63, 3.8) is 0 Å². The van der Waals surface area contributed by atoms with Crippen LogP contribution in [0.5, 0.6) is 0 Å². The van der Waals surface area contributed by atoms with Crippen LogP contribution in [0, 0.1) is 6.07 Å². The van der Waals surface area contributed by atoms with Gasteiger partial charge in [-0.25, -0.2) is 0 Å². The number of hydrogen-bond donors (Lipinski definition) is 0. The van der Waals surface area contributed by atoms with E-state index in [9.17, 15) is 0 Å². The van der Waals surface area contributed by atoms with Crippen molar-refractivity contribution in [1.29, 1.82) is 0 Å². The van der Waals surface area contributed by atoms with Crippen molar-refractivity contribution in [1.82, 2.24) is 9.80 Å². The Balaban J connectivity index is 0.00000106. The van der Waals surface area contributed by atoms with Gasteiger partial charge in [0.05, 0.1) is 0 Å². The monoisotopic (exact) mass is 421 g/mol. The molecule has 16 heavy (non-hydrogen) atoms. The van der Waals surface area contributed by atoms with Crippen molar-refractivity contribution in [2.45, 2.75) is 13.1 Å². The van der Waals surface area contributed by atoms with Gasteiger partial charge in [-0.05, 0) is 28.2 Å². The second-order valence-electron chi connectivity index (χ2n) is 4.18. The molecule has 1 aromatic rings. The van der Waals surface area contributed by atoms with E-state index in [1.807, 2.05) is 0 Å². The normalized spacial score (nSPS) is 10.3. The number of rotatable bonds is 4. The van der Waals surface area contributed by atoms with Crippen LogP contribution < -0.4 is 0 Å². The second-order valence-corrected chi connectivity index (χ2v) is 4.18. The number of nitrogens with zero attached hydrogens (tertiary/aromatic N) is 2. The Bertz CT molecular complexity index is 265. The van der Waals surface area contributed by atoms with Crippen molar-refractivity contribution in [2.75, 3.05) is 28.2 Å². The number of halogens is 1. The summed E-state index contributed by atoms with van der Waals surface area (Å²) in [4.78, 5) is 4.32. The molecule has 0 saturated heterocycles. The first kappa shape index (κ1) is 16.1. The summed E-state index contributed by atoms with van der Waals surface area (Å²) in [6.45, 7) is 1.92. The van der Waals surface area contributed by atoms with Crippen molar-refractivity contribution in [3.8, 4) is 0 Å². The molecule has 0 heterocycles. The van der Waals surface area contributed by atoms with Crippen LogP contribution in [0.15, 0.2) is 18.2 Å². The first-order valence-electron chi connectivity index (χ1n) is 4.99. The molecular formula is C12H19ClN2Pt. The molecule has 0 saturated carbocycles. The molecule has 0 aliphatic heterocycles. The summed E-state index contributed by atoms with van der Waals surface area (Å²) in [5.74, 6) is 0. The summed E-state index contributed by atoms with van der Waals surface area (Å²) < 4.78 is 0. The molecule has 0 unspecified atom stereocenters. The van der Waals surface area contributed by atoms with Crippen molar-refractivity contribution >= 4 is 9.42 Å². The van der Waals surface area contributed by atoms with Crippen molar-refractivity contribution < 1.29 is 18.8 Å². The molecule has 0 aliphatic rings. The molecule has 0 atom stereocenters. The fraction of sp³-hybridized carbons (Fsp3) is 0.500. The van der Waals surface area contributed by atoms with Gasteiger partial charge in [-0.1, -0.05) is 0 Å². The van der Waals surface area contributed by atoms with E-state index in [2.05, 4.69) is 71.7 Å². The summed E-state index contributed by atoms with van der Waals surface area (Å²) in [5.41, 5.74) is 2.52. The summed E-state index contributed by atoms with van der Waals surface area (Å²) in [7, 11) is 12.9. The predicted octanol–water partition coefficient (Wildman–Crippen LogP) is 2.30. The van der Waals surface area contributed by atoms with Crippen LogP contribution in [0.3, 0.4) is 0 Å². The fourth-order valence-corrected chi connectivity index (χ4v) is 1.44. The second kappa shape index (κ2) is 9.18. The molecule has 0 amide bonds. The summed E-state index contributed by atoms with van der Waals surface area (Å²) in [6, 6.07) is 9.78. The van der Waals surface area contributed by atoms with E-state index in [0.717, 1.165) is 13.1 Å². The van der Waals surface area contributed by atoms with Crippen LogP contribution >= 0.6 is 9.42 Å². The van der Waals surface area contributed by atoms with E-state index >= 15 is 0 Å². The van der Waals surface area contributed by atoms with Gasteiger partial charge in [0.2, 0.25) is 0 Å².